The van der Waals surface area contributed by atoms with Crippen LogP contribution in [0.4, 0.5) is 4.39 Å². The van der Waals surface area contributed by atoms with Gasteiger partial charge in [0, 0.05) is 16.5 Å². The lowest BCUT2D eigenvalue weighted by Gasteiger charge is -2.01. The number of hydrogen-bond acceptors (Lipinski definition) is 3. The maximum Gasteiger partial charge on any atom is 0.200 e. The zero-order chi connectivity index (χ0) is 10.3. The first-order valence-electron chi connectivity index (χ1n) is 3.91. The van der Waals surface area contributed by atoms with Crippen molar-refractivity contribution >= 4 is 15.4 Å². The summed E-state index contributed by atoms with van der Waals surface area (Å²) in [5.74, 6) is -0.621. The maximum absolute atomic E-state index is 13.3. The first-order chi connectivity index (χ1) is 6.56. The summed E-state index contributed by atoms with van der Waals surface area (Å²) in [6.07, 6.45) is 0. The first-order valence-corrected chi connectivity index (χ1v) is 5.46. The van der Waals surface area contributed by atoms with Crippen LogP contribution in [0.1, 0.15) is 5.56 Å². The molecule has 0 unspecified atom stereocenters. The highest BCUT2D eigenvalue weighted by atomic mass is 32.2. The third-order valence-corrected chi connectivity index (χ3v) is 3.62. The molecule has 74 valence electrons. The highest BCUT2D eigenvalue weighted by molar-refractivity contribution is 7.95. The average molecular weight is 214 g/mol. The van der Waals surface area contributed by atoms with E-state index in [9.17, 15) is 12.8 Å². The summed E-state index contributed by atoms with van der Waals surface area (Å²) >= 11 is 0. The van der Waals surface area contributed by atoms with Crippen molar-refractivity contribution in [2.45, 2.75) is 4.90 Å². The van der Waals surface area contributed by atoms with Gasteiger partial charge in [-0.05, 0) is 12.1 Å². The molecule has 0 aliphatic carbocycles. The number of aliphatic hydroxyl groups excluding tert-OH is 1. The number of fused-ring (bicyclic) bond motifs is 1. The van der Waals surface area contributed by atoms with E-state index < -0.39 is 22.3 Å². The lowest BCUT2D eigenvalue weighted by atomic mass is 10.1. The molecule has 1 aliphatic rings. The summed E-state index contributed by atoms with van der Waals surface area (Å²) in [5, 5.41) is 9.77. The van der Waals surface area contributed by atoms with Gasteiger partial charge in [0.1, 0.15) is 5.82 Å². The molecule has 0 bridgehead atoms. The van der Waals surface area contributed by atoms with Crippen molar-refractivity contribution in [1.29, 1.82) is 0 Å². The summed E-state index contributed by atoms with van der Waals surface area (Å²) < 4.78 is 36.1. The van der Waals surface area contributed by atoms with Crippen LogP contribution in [0, 0.1) is 5.82 Å². The number of sulfone groups is 1. The van der Waals surface area contributed by atoms with E-state index in [0.29, 0.717) is 0 Å². The van der Waals surface area contributed by atoms with Crippen LogP contribution in [0.15, 0.2) is 28.5 Å². The smallest absolute Gasteiger partial charge is 0.200 e. The molecule has 0 amide bonds. The maximum atomic E-state index is 13.3. The van der Waals surface area contributed by atoms with Crippen LogP contribution in [-0.4, -0.2) is 20.1 Å². The fraction of sp³-hybridized carbons (Fsp3) is 0.111. The second-order valence-electron chi connectivity index (χ2n) is 2.96. The van der Waals surface area contributed by atoms with Gasteiger partial charge in [0.15, 0.2) is 0 Å². The van der Waals surface area contributed by atoms with Crippen molar-refractivity contribution in [2.24, 2.45) is 0 Å². The second-order valence-corrected chi connectivity index (χ2v) is 4.72. The third kappa shape index (κ3) is 1.17. The van der Waals surface area contributed by atoms with Crippen molar-refractivity contribution in [2.75, 3.05) is 6.61 Å². The van der Waals surface area contributed by atoms with E-state index in [-0.39, 0.29) is 16.0 Å². The molecule has 0 spiro atoms. The molecule has 14 heavy (non-hydrogen) atoms. The van der Waals surface area contributed by atoms with Crippen molar-refractivity contribution in [1.82, 2.24) is 0 Å². The molecule has 1 aliphatic heterocycles. The molecule has 0 saturated carbocycles. The van der Waals surface area contributed by atoms with E-state index in [1.807, 2.05) is 0 Å². The van der Waals surface area contributed by atoms with E-state index in [1.165, 1.54) is 18.2 Å². The molecule has 0 saturated heterocycles. The zero-order valence-electron chi connectivity index (χ0n) is 7.07. The molecule has 1 aromatic rings. The van der Waals surface area contributed by atoms with Gasteiger partial charge in [-0.2, -0.15) is 0 Å². The Hall–Kier alpha value is -1.20. The van der Waals surface area contributed by atoms with Crippen molar-refractivity contribution in [3.05, 3.63) is 35.0 Å². The standard InChI is InChI=1S/C9H7FO3S/c10-7-2-1-3-8-9(7)6(4-11)5-14(8,12)13/h1-3,5,11H,4H2. The van der Waals surface area contributed by atoms with E-state index in [1.54, 1.807) is 0 Å². The van der Waals surface area contributed by atoms with Gasteiger partial charge in [-0.15, -0.1) is 0 Å². The lowest BCUT2D eigenvalue weighted by Crippen LogP contribution is -1.95. The van der Waals surface area contributed by atoms with Crippen molar-refractivity contribution in [3.63, 3.8) is 0 Å². The molecule has 5 heteroatoms. The van der Waals surface area contributed by atoms with Gasteiger partial charge < -0.3 is 5.11 Å². The minimum atomic E-state index is -3.55. The number of hydrogen-bond donors (Lipinski definition) is 1. The number of rotatable bonds is 1. The number of halogens is 1. The number of aliphatic hydroxyl groups is 1. The SMILES string of the molecule is O=S1(=O)C=C(CO)c2c(F)cccc21. The Labute approximate surface area is 80.4 Å². The Balaban J connectivity index is 2.82. The number of benzene rings is 1. The summed E-state index contributed by atoms with van der Waals surface area (Å²) in [4.78, 5) is -0.0680. The molecule has 0 atom stereocenters. The fourth-order valence-corrected chi connectivity index (χ4v) is 2.95. The van der Waals surface area contributed by atoms with E-state index in [0.717, 1.165) is 5.41 Å². The minimum Gasteiger partial charge on any atom is -0.392 e. The Morgan fingerprint density at radius 3 is 2.71 bits per heavy atom. The Bertz CT molecular complexity index is 517. The van der Waals surface area contributed by atoms with Gasteiger partial charge in [-0.25, -0.2) is 12.8 Å². The molecule has 1 N–H and O–H groups in total. The second kappa shape index (κ2) is 2.90. The summed E-state index contributed by atoms with van der Waals surface area (Å²) in [6, 6.07) is 3.83. The normalized spacial score (nSPS) is 17.7. The topological polar surface area (TPSA) is 54.4 Å². The summed E-state index contributed by atoms with van der Waals surface area (Å²) in [7, 11) is -3.55. The summed E-state index contributed by atoms with van der Waals surface area (Å²) in [6.45, 7) is -0.479. The molecule has 3 nitrogen and oxygen atoms in total. The molecule has 0 fully saturated rings. The van der Waals surface area contributed by atoms with Gasteiger partial charge in [0.2, 0.25) is 9.84 Å². The van der Waals surface area contributed by atoms with Gasteiger partial charge in [-0.3, -0.25) is 0 Å². The Morgan fingerprint density at radius 1 is 1.36 bits per heavy atom. The molecule has 1 aromatic carbocycles. The van der Waals surface area contributed by atoms with Crippen molar-refractivity contribution in [3.8, 4) is 0 Å². The largest absolute Gasteiger partial charge is 0.392 e. The van der Waals surface area contributed by atoms with Crippen molar-refractivity contribution < 1.29 is 17.9 Å². The van der Waals surface area contributed by atoms with Crippen LogP contribution in [0.3, 0.4) is 0 Å². The third-order valence-electron chi connectivity index (χ3n) is 2.07. The monoisotopic (exact) mass is 214 g/mol. The van der Waals surface area contributed by atoms with E-state index >= 15 is 0 Å². The Morgan fingerprint density at radius 2 is 2.07 bits per heavy atom. The predicted molar refractivity (Wildman–Crippen MR) is 48.6 cm³/mol. The zero-order valence-corrected chi connectivity index (χ0v) is 7.88. The van der Waals surface area contributed by atoms with Crippen LogP contribution in [0.2, 0.25) is 0 Å². The van der Waals surface area contributed by atoms with Gasteiger partial charge >= 0.3 is 0 Å². The van der Waals surface area contributed by atoms with Crippen LogP contribution < -0.4 is 0 Å². The molecule has 0 radical (unpaired) electrons. The highest BCUT2D eigenvalue weighted by Crippen LogP contribution is 2.34. The van der Waals surface area contributed by atoms with Crippen LogP contribution >= 0.6 is 0 Å². The molecule has 2 rings (SSSR count). The molecule has 0 aromatic heterocycles. The minimum absolute atomic E-state index is 0.00463. The molecule has 1 heterocycles. The molecular formula is C9H7FO3S. The quantitative estimate of drug-likeness (QED) is 0.757. The van der Waals surface area contributed by atoms with Gasteiger partial charge in [0.05, 0.1) is 11.5 Å². The fourth-order valence-electron chi connectivity index (χ4n) is 1.48. The average Bonchev–Trinajstić information content (AvgIpc) is 2.40. The molecular weight excluding hydrogens is 207 g/mol. The summed E-state index contributed by atoms with van der Waals surface area (Å²) in [5.41, 5.74) is 0.105. The van der Waals surface area contributed by atoms with Gasteiger partial charge in [-0.1, -0.05) is 6.07 Å². The lowest BCUT2D eigenvalue weighted by molar-refractivity contribution is 0.349. The predicted octanol–water partition coefficient (Wildman–Crippen LogP) is 0.946. The van der Waals surface area contributed by atoms with E-state index in [2.05, 4.69) is 0 Å². The van der Waals surface area contributed by atoms with Crippen LogP contribution in [-0.2, 0) is 9.84 Å². The highest BCUT2D eigenvalue weighted by Gasteiger charge is 2.28. The Kier molecular flexibility index (Phi) is 1.94. The van der Waals surface area contributed by atoms with E-state index in [4.69, 9.17) is 5.11 Å². The first kappa shape index (κ1) is 9.36. The van der Waals surface area contributed by atoms with Gasteiger partial charge in [0.25, 0.3) is 0 Å². The van der Waals surface area contributed by atoms with Crippen LogP contribution in [0.25, 0.3) is 5.57 Å². The van der Waals surface area contributed by atoms with Crippen LogP contribution in [0.5, 0.6) is 0 Å².